The minimum atomic E-state index is -4.64. The number of hydrogen-bond donors (Lipinski definition) is 0. The molecule has 2 aliphatic heterocycles. The number of piperidine rings is 1. The van der Waals surface area contributed by atoms with Crippen LogP contribution in [0.15, 0.2) is 54.6 Å². The fourth-order valence-corrected chi connectivity index (χ4v) is 5.22. The molecule has 2 fully saturated rings. The molecule has 0 unspecified atom stereocenters. The van der Waals surface area contributed by atoms with E-state index in [1.807, 2.05) is 35.2 Å². The minimum absolute atomic E-state index is 0.0174. The normalized spacial score (nSPS) is 17.8. The third kappa shape index (κ3) is 4.84. The van der Waals surface area contributed by atoms with Crippen molar-refractivity contribution < 1.29 is 35.9 Å². The Balaban J connectivity index is 1.40. The van der Waals surface area contributed by atoms with Crippen molar-refractivity contribution in [2.45, 2.75) is 38.1 Å². The molecule has 0 aromatic heterocycles. The van der Waals surface area contributed by atoms with Crippen LogP contribution in [-0.2, 0) is 17.5 Å². The van der Waals surface area contributed by atoms with Gasteiger partial charge in [0.2, 0.25) is 0 Å². The van der Waals surface area contributed by atoms with E-state index in [0.717, 1.165) is 24.3 Å². The summed E-state index contributed by atoms with van der Waals surface area (Å²) < 4.78 is 89.1. The monoisotopic (exact) mass is 534 g/mol. The lowest BCUT2D eigenvalue weighted by molar-refractivity contribution is -0.138. The second kappa shape index (κ2) is 9.65. The molecule has 0 aliphatic carbocycles. The van der Waals surface area contributed by atoms with Crippen molar-refractivity contribution in [3.63, 3.8) is 0 Å². The summed E-state index contributed by atoms with van der Waals surface area (Å²) in [7, 11) is 0. The molecular formula is C28H24F6N2O2. The average molecular weight is 535 g/mol. The Morgan fingerprint density at radius 3 is 2.26 bits per heavy atom. The predicted molar refractivity (Wildman–Crippen MR) is 129 cm³/mol. The van der Waals surface area contributed by atoms with E-state index in [-0.39, 0.29) is 28.8 Å². The number of anilines is 1. The number of hydrogen-bond acceptors (Lipinski definition) is 3. The van der Waals surface area contributed by atoms with Gasteiger partial charge in [0, 0.05) is 43.7 Å². The van der Waals surface area contributed by atoms with Crippen LogP contribution in [0.5, 0.6) is 0 Å². The summed E-state index contributed by atoms with van der Waals surface area (Å²) in [4.78, 5) is 16.0. The summed E-state index contributed by atoms with van der Waals surface area (Å²) in [6.45, 7) is 2.43. The Morgan fingerprint density at radius 1 is 0.921 bits per heavy atom. The maximum absolute atomic E-state index is 14.7. The van der Waals surface area contributed by atoms with E-state index in [2.05, 4.69) is 0 Å². The fourth-order valence-electron chi connectivity index (χ4n) is 5.22. The largest absolute Gasteiger partial charge is 0.441 e. The maximum Gasteiger partial charge on any atom is 0.416 e. The number of rotatable bonds is 4. The average Bonchev–Trinajstić information content (AvgIpc) is 3.20. The Bertz CT molecular complexity index is 1370. The second-order valence-electron chi connectivity index (χ2n) is 9.79. The fraction of sp³-hybridized carbons (Fsp3) is 0.321. The molecule has 3 aromatic carbocycles. The zero-order valence-corrected chi connectivity index (χ0v) is 20.4. The van der Waals surface area contributed by atoms with Crippen molar-refractivity contribution >= 4 is 11.8 Å². The van der Waals surface area contributed by atoms with Gasteiger partial charge >= 0.3 is 12.3 Å². The number of aryl methyl sites for hydroxylation is 1. The van der Waals surface area contributed by atoms with E-state index in [4.69, 9.17) is 4.74 Å². The van der Waals surface area contributed by atoms with Gasteiger partial charge in [-0.1, -0.05) is 24.3 Å². The van der Waals surface area contributed by atoms with Gasteiger partial charge in [0.1, 0.15) is 5.60 Å². The van der Waals surface area contributed by atoms with Gasteiger partial charge in [-0.25, -0.2) is 18.0 Å². The van der Waals surface area contributed by atoms with Crippen molar-refractivity contribution in [3.05, 3.63) is 88.7 Å². The van der Waals surface area contributed by atoms with Crippen LogP contribution >= 0.6 is 0 Å². The van der Waals surface area contributed by atoms with Crippen LogP contribution in [0.4, 0.5) is 36.8 Å². The summed E-state index contributed by atoms with van der Waals surface area (Å²) in [5.74, 6) is -4.52. The highest BCUT2D eigenvalue weighted by Gasteiger charge is 2.47. The molecule has 0 radical (unpaired) electrons. The van der Waals surface area contributed by atoms with E-state index >= 15 is 0 Å². The van der Waals surface area contributed by atoms with Gasteiger partial charge in [0.05, 0.1) is 12.1 Å². The first kappa shape index (κ1) is 26.1. The molecule has 1 amide bonds. The zero-order chi connectivity index (χ0) is 27.2. The summed E-state index contributed by atoms with van der Waals surface area (Å²) in [6.07, 6.45) is -4.19. The Labute approximate surface area is 215 Å². The molecule has 2 saturated heterocycles. The van der Waals surface area contributed by atoms with Gasteiger partial charge in [-0.3, -0.25) is 9.80 Å². The highest BCUT2D eigenvalue weighted by atomic mass is 19.4. The first-order valence-electron chi connectivity index (χ1n) is 12.1. The Morgan fingerprint density at radius 2 is 1.61 bits per heavy atom. The topological polar surface area (TPSA) is 32.8 Å². The molecule has 0 bridgehead atoms. The molecule has 200 valence electrons. The summed E-state index contributed by atoms with van der Waals surface area (Å²) in [5, 5.41) is 0. The smallest absolute Gasteiger partial charge is 0.416 e. The Hall–Kier alpha value is -3.53. The lowest BCUT2D eigenvalue weighted by Crippen LogP contribution is -2.46. The third-order valence-corrected chi connectivity index (χ3v) is 7.28. The lowest BCUT2D eigenvalue weighted by atomic mass is 9.89. The molecule has 0 N–H and O–H groups in total. The molecule has 2 heterocycles. The van der Waals surface area contributed by atoms with Gasteiger partial charge in [0.15, 0.2) is 17.5 Å². The standard InChI is InChI=1S/C28H24F6N2O2/c1-17-13-21(20-7-8-23(29)25(31)24(20)30)18(14-22(17)28(32,33)34)15-35-11-9-27(10-12-35)16-36(26(37)38-27)19-5-3-2-4-6-19/h2-8,13-14H,9-12,15-16H2,1H3. The summed E-state index contributed by atoms with van der Waals surface area (Å²) >= 11 is 0. The number of ether oxygens (including phenoxy) is 1. The number of amides is 1. The van der Waals surface area contributed by atoms with E-state index < -0.39 is 40.9 Å². The number of benzene rings is 3. The van der Waals surface area contributed by atoms with Crippen molar-refractivity contribution in [1.29, 1.82) is 0 Å². The molecule has 0 saturated carbocycles. The number of halogens is 6. The number of para-hydroxylation sites is 1. The maximum atomic E-state index is 14.7. The van der Waals surface area contributed by atoms with Crippen molar-refractivity contribution in [2.24, 2.45) is 0 Å². The quantitative estimate of drug-likeness (QED) is 0.265. The molecule has 2 aliphatic rings. The minimum Gasteiger partial charge on any atom is -0.441 e. The van der Waals surface area contributed by atoms with Gasteiger partial charge in [-0.05, 0) is 53.9 Å². The number of carbonyl (C=O) groups is 1. The van der Waals surface area contributed by atoms with Crippen molar-refractivity contribution in [1.82, 2.24) is 4.90 Å². The molecule has 38 heavy (non-hydrogen) atoms. The van der Waals surface area contributed by atoms with Gasteiger partial charge in [-0.2, -0.15) is 13.2 Å². The number of alkyl halides is 3. The van der Waals surface area contributed by atoms with Crippen LogP contribution in [0.2, 0.25) is 0 Å². The second-order valence-corrected chi connectivity index (χ2v) is 9.79. The Kier molecular flexibility index (Phi) is 6.63. The van der Waals surface area contributed by atoms with Crippen LogP contribution in [0.25, 0.3) is 11.1 Å². The SMILES string of the molecule is Cc1cc(-c2ccc(F)c(F)c2F)c(CN2CCC3(CC2)CN(c2ccccc2)C(=O)O3)cc1C(F)(F)F. The van der Waals surface area contributed by atoms with Crippen LogP contribution in [-0.4, -0.2) is 36.2 Å². The molecule has 3 aromatic rings. The molecular weight excluding hydrogens is 510 g/mol. The van der Waals surface area contributed by atoms with E-state index in [1.165, 1.54) is 6.92 Å². The molecule has 10 heteroatoms. The first-order valence-corrected chi connectivity index (χ1v) is 12.1. The number of carbonyl (C=O) groups excluding carboxylic acids is 1. The van der Waals surface area contributed by atoms with Crippen LogP contribution in [0.1, 0.15) is 29.5 Å². The van der Waals surface area contributed by atoms with Gasteiger partial charge < -0.3 is 4.74 Å². The van der Waals surface area contributed by atoms with Crippen LogP contribution in [0, 0.1) is 24.4 Å². The molecule has 0 atom stereocenters. The van der Waals surface area contributed by atoms with E-state index in [1.54, 1.807) is 4.90 Å². The van der Waals surface area contributed by atoms with Crippen molar-refractivity contribution in [2.75, 3.05) is 24.5 Å². The number of nitrogens with zero attached hydrogens (tertiary/aromatic N) is 2. The van der Waals surface area contributed by atoms with Crippen LogP contribution in [0.3, 0.4) is 0 Å². The number of likely N-dealkylation sites (tertiary alicyclic amines) is 1. The highest BCUT2D eigenvalue weighted by Crippen LogP contribution is 2.40. The highest BCUT2D eigenvalue weighted by molar-refractivity contribution is 5.90. The summed E-state index contributed by atoms with van der Waals surface area (Å²) in [5.41, 5.74) is -1.15. The zero-order valence-electron chi connectivity index (χ0n) is 20.4. The third-order valence-electron chi connectivity index (χ3n) is 7.28. The predicted octanol–water partition coefficient (Wildman–Crippen LogP) is 7.09. The van der Waals surface area contributed by atoms with E-state index in [9.17, 15) is 31.1 Å². The van der Waals surface area contributed by atoms with E-state index in [0.29, 0.717) is 38.2 Å². The molecule has 4 nitrogen and oxygen atoms in total. The van der Waals surface area contributed by atoms with Gasteiger partial charge in [0.25, 0.3) is 0 Å². The van der Waals surface area contributed by atoms with Gasteiger partial charge in [-0.15, -0.1) is 0 Å². The van der Waals surface area contributed by atoms with Crippen molar-refractivity contribution in [3.8, 4) is 11.1 Å². The summed E-state index contributed by atoms with van der Waals surface area (Å²) in [6, 6.07) is 13.0. The first-order chi connectivity index (χ1) is 18.0. The molecule has 1 spiro atoms. The molecule has 5 rings (SSSR count). The van der Waals surface area contributed by atoms with Crippen LogP contribution < -0.4 is 4.90 Å². The lowest BCUT2D eigenvalue weighted by Gasteiger charge is -2.37.